The van der Waals surface area contributed by atoms with E-state index in [1.807, 2.05) is 35.2 Å². The van der Waals surface area contributed by atoms with E-state index in [9.17, 15) is 23.2 Å². The van der Waals surface area contributed by atoms with Crippen LogP contribution in [0, 0.1) is 11.6 Å². The lowest BCUT2D eigenvalue weighted by Gasteiger charge is -2.27. The number of rotatable bonds is 6. The lowest BCUT2D eigenvalue weighted by atomic mass is 10.1. The smallest absolute Gasteiger partial charge is 0.412 e. The molecule has 0 spiro atoms. The first-order valence-corrected chi connectivity index (χ1v) is 14.5. The van der Waals surface area contributed by atoms with Gasteiger partial charge in [0.1, 0.15) is 18.2 Å². The minimum Gasteiger partial charge on any atom is -0.444 e. The summed E-state index contributed by atoms with van der Waals surface area (Å²) in [7, 11) is 0. The predicted molar refractivity (Wildman–Crippen MR) is 159 cm³/mol. The maximum absolute atomic E-state index is 13.8. The lowest BCUT2D eigenvalue weighted by Crippen LogP contribution is -2.36. The van der Waals surface area contributed by atoms with Gasteiger partial charge in [0.15, 0.2) is 0 Å². The highest BCUT2D eigenvalue weighted by atomic mass is 19.1. The molecule has 3 aromatic carbocycles. The molecule has 2 saturated heterocycles. The molecule has 0 radical (unpaired) electrons. The Labute approximate surface area is 249 Å². The molecular weight excluding hydrogens is 556 g/mol. The number of anilines is 2. The molecular formula is C32H35F2N5O4. The van der Waals surface area contributed by atoms with Gasteiger partial charge in [-0.25, -0.2) is 13.6 Å². The lowest BCUT2D eigenvalue weighted by molar-refractivity contribution is 0.0758. The fraction of sp³-hybridized carbons (Fsp3) is 0.344. The number of halogens is 2. The predicted octanol–water partition coefficient (Wildman–Crippen LogP) is 4.50. The normalized spacial score (nSPS) is 15.8. The van der Waals surface area contributed by atoms with Gasteiger partial charge in [-0.15, -0.1) is 0 Å². The Bertz CT molecular complexity index is 1430. The van der Waals surface area contributed by atoms with Gasteiger partial charge in [0.2, 0.25) is 0 Å². The van der Waals surface area contributed by atoms with Crippen molar-refractivity contribution in [3.05, 3.63) is 95.1 Å². The first-order valence-electron chi connectivity index (χ1n) is 14.5. The summed E-state index contributed by atoms with van der Waals surface area (Å²) >= 11 is 0. The summed E-state index contributed by atoms with van der Waals surface area (Å²) in [5, 5.41) is 6.13. The number of benzene rings is 3. The van der Waals surface area contributed by atoms with Gasteiger partial charge < -0.3 is 24.8 Å². The van der Waals surface area contributed by atoms with Crippen molar-refractivity contribution in [3.8, 4) is 0 Å². The maximum atomic E-state index is 13.8. The maximum Gasteiger partial charge on any atom is 0.412 e. The second-order valence-corrected chi connectivity index (χ2v) is 10.6. The third-order valence-electron chi connectivity index (χ3n) is 7.55. The molecule has 0 saturated carbocycles. The molecule has 2 aliphatic rings. The highest BCUT2D eigenvalue weighted by Crippen LogP contribution is 2.30. The molecule has 11 heteroatoms. The number of amides is 3. The zero-order chi connectivity index (χ0) is 30.2. The Morgan fingerprint density at radius 3 is 2.26 bits per heavy atom. The minimum absolute atomic E-state index is 0.0407. The topological polar surface area (TPSA) is 94.2 Å². The Hall–Kier alpha value is -4.51. The molecule has 9 nitrogen and oxygen atoms in total. The molecule has 3 amide bonds. The standard InChI is InChI=1S/C32H35F2N5O4/c33-26-18-25(19-27(34)21-26)31(41)39-14-5-13-37(16-17-39)29-9-8-24(30(40)38-12-4-10-35-11-15-38)20-28(29)36-32(42)43-22-23-6-2-1-3-7-23/h1-3,6-9,18-21,35H,4-5,10-17,22H2,(H,36,42). The Kier molecular flexibility index (Phi) is 9.83. The van der Waals surface area contributed by atoms with E-state index in [4.69, 9.17) is 4.74 Å². The van der Waals surface area contributed by atoms with Crippen LogP contribution in [0.25, 0.3) is 0 Å². The van der Waals surface area contributed by atoms with Gasteiger partial charge in [-0.3, -0.25) is 14.9 Å². The van der Waals surface area contributed by atoms with Gasteiger partial charge in [-0.2, -0.15) is 0 Å². The molecule has 0 atom stereocenters. The van der Waals surface area contributed by atoms with E-state index in [1.165, 1.54) is 0 Å². The van der Waals surface area contributed by atoms with Gasteiger partial charge in [0, 0.05) is 63.0 Å². The number of nitrogens with one attached hydrogen (secondary N) is 2. The zero-order valence-electron chi connectivity index (χ0n) is 23.9. The summed E-state index contributed by atoms with van der Waals surface area (Å²) in [4.78, 5) is 44.7. The molecule has 0 unspecified atom stereocenters. The van der Waals surface area contributed by atoms with E-state index in [0.717, 1.165) is 36.7 Å². The van der Waals surface area contributed by atoms with Crippen molar-refractivity contribution < 1.29 is 27.9 Å². The Morgan fingerprint density at radius 2 is 1.47 bits per heavy atom. The minimum atomic E-state index is -0.805. The molecule has 2 heterocycles. The summed E-state index contributed by atoms with van der Waals surface area (Å²) in [6, 6.07) is 17.3. The molecule has 2 aliphatic heterocycles. The van der Waals surface area contributed by atoms with Gasteiger partial charge in [-0.05, 0) is 55.3 Å². The summed E-state index contributed by atoms with van der Waals surface area (Å²) in [5.41, 5.74) is 2.34. The average molecular weight is 592 g/mol. The fourth-order valence-electron chi connectivity index (χ4n) is 5.37. The van der Waals surface area contributed by atoms with Crippen molar-refractivity contribution in [2.75, 3.05) is 62.6 Å². The van der Waals surface area contributed by atoms with Gasteiger partial charge in [0.05, 0.1) is 11.4 Å². The monoisotopic (exact) mass is 591 g/mol. The largest absolute Gasteiger partial charge is 0.444 e. The van der Waals surface area contributed by atoms with Crippen LogP contribution in [0.15, 0.2) is 66.7 Å². The third kappa shape index (κ3) is 7.86. The molecule has 0 aromatic heterocycles. The van der Waals surface area contributed by atoms with Crippen LogP contribution < -0.4 is 15.5 Å². The summed E-state index contributed by atoms with van der Waals surface area (Å²) < 4.78 is 33.0. The zero-order valence-corrected chi connectivity index (χ0v) is 23.9. The SMILES string of the molecule is O=C(Nc1cc(C(=O)N2CCCNCC2)ccc1N1CCCN(C(=O)c2cc(F)cc(F)c2)CC1)OCc1ccccc1. The van der Waals surface area contributed by atoms with Crippen molar-refractivity contribution >= 4 is 29.3 Å². The number of hydrogen-bond acceptors (Lipinski definition) is 6. The van der Waals surface area contributed by atoms with Gasteiger partial charge in [-0.1, -0.05) is 30.3 Å². The summed E-state index contributed by atoms with van der Waals surface area (Å²) in [5.74, 6) is -2.18. The summed E-state index contributed by atoms with van der Waals surface area (Å²) in [6.07, 6.45) is 0.781. The number of nitrogens with zero attached hydrogens (tertiary/aromatic N) is 3. The van der Waals surface area contributed by atoms with Crippen LogP contribution in [0.4, 0.5) is 25.0 Å². The van der Waals surface area contributed by atoms with E-state index >= 15 is 0 Å². The molecule has 0 bridgehead atoms. The van der Waals surface area contributed by atoms with Crippen molar-refractivity contribution in [1.29, 1.82) is 0 Å². The van der Waals surface area contributed by atoms with Crippen LogP contribution in [-0.4, -0.2) is 80.1 Å². The van der Waals surface area contributed by atoms with Crippen LogP contribution in [-0.2, 0) is 11.3 Å². The van der Waals surface area contributed by atoms with Gasteiger partial charge in [0.25, 0.3) is 11.8 Å². The van der Waals surface area contributed by atoms with E-state index in [0.29, 0.717) is 69.2 Å². The van der Waals surface area contributed by atoms with E-state index in [2.05, 4.69) is 10.6 Å². The molecule has 0 aliphatic carbocycles. The van der Waals surface area contributed by atoms with Crippen LogP contribution in [0.3, 0.4) is 0 Å². The number of ether oxygens (including phenoxy) is 1. The number of carbonyl (C=O) groups is 3. The highest BCUT2D eigenvalue weighted by Gasteiger charge is 2.25. The van der Waals surface area contributed by atoms with Crippen LogP contribution in [0.5, 0.6) is 0 Å². The van der Waals surface area contributed by atoms with Crippen LogP contribution >= 0.6 is 0 Å². The molecule has 226 valence electrons. The molecule has 5 rings (SSSR count). The van der Waals surface area contributed by atoms with E-state index in [1.54, 1.807) is 28.0 Å². The van der Waals surface area contributed by atoms with Crippen LogP contribution in [0.1, 0.15) is 39.1 Å². The van der Waals surface area contributed by atoms with Crippen molar-refractivity contribution in [2.24, 2.45) is 0 Å². The van der Waals surface area contributed by atoms with E-state index in [-0.39, 0.29) is 18.1 Å². The molecule has 2 N–H and O–H groups in total. The van der Waals surface area contributed by atoms with Crippen LogP contribution in [0.2, 0.25) is 0 Å². The fourth-order valence-corrected chi connectivity index (χ4v) is 5.37. The molecule has 2 fully saturated rings. The number of hydrogen-bond donors (Lipinski definition) is 2. The Morgan fingerprint density at radius 1 is 0.744 bits per heavy atom. The van der Waals surface area contributed by atoms with Gasteiger partial charge >= 0.3 is 6.09 Å². The molecule has 3 aromatic rings. The first kappa shape index (κ1) is 30.0. The summed E-state index contributed by atoms with van der Waals surface area (Å²) in [6.45, 7) is 4.54. The average Bonchev–Trinajstić information content (AvgIpc) is 3.43. The quantitative estimate of drug-likeness (QED) is 0.439. The second-order valence-electron chi connectivity index (χ2n) is 10.6. The number of carbonyl (C=O) groups excluding carboxylic acids is 3. The Balaban J connectivity index is 1.34. The molecule has 43 heavy (non-hydrogen) atoms. The van der Waals surface area contributed by atoms with Crippen molar-refractivity contribution in [1.82, 2.24) is 15.1 Å². The second kappa shape index (κ2) is 14.1. The van der Waals surface area contributed by atoms with Crippen molar-refractivity contribution in [2.45, 2.75) is 19.4 Å². The third-order valence-corrected chi connectivity index (χ3v) is 7.55. The highest BCUT2D eigenvalue weighted by molar-refractivity contribution is 5.99. The van der Waals surface area contributed by atoms with E-state index < -0.39 is 23.6 Å². The van der Waals surface area contributed by atoms with Crippen molar-refractivity contribution in [3.63, 3.8) is 0 Å². The first-order chi connectivity index (χ1) is 20.9.